The Morgan fingerprint density at radius 1 is 1.43 bits per heavy atom. The zero-order valence-corrected chi connectivity index (χ0v) is 13.1. The van der Waals surface area contributed by atoms with Gasteiger partial charge in [0.2, 0.25) is 0 Å². The molecule has 1 aliphatic rings. The van der Waals surface area contributed by atoms with Crippen LogP contribution in [-0.2, 0) is 16.4 Å². The van der Waals surface area contributed by atoms with E-state index in [1.54, 1.807) is 12.3 Å². The highest BCUT2D eigenvalue weighted by atomic mass is 32.2. The fourth-order valence-corrected chi connectivity index (χ4v) is 4.37. The average Bonchev–Trinajstić information content (AvgIpc) is 2.82. The average molecular weight is 325 g/mol. The number of ether oxygens (including phenoxy) is 1. The van der Waals surface area contributed by atoms with Crippen LogP contribution in [0.1, 0.15) is 16.9 Å². The van der Waals surface area contributed by atoms with Gasteiger partial charge in [-0.25, -0.2) is 13.4 Å². The van der Waals surface area contributed by atoms with Crippen molar-refractivity contribution in [2.24, 2.45) is 0 Å². The van der Waals surface area contributed by atoms with Crippen molar-refractivity contribution in [2.75, 3.05) is 17.1 Å². The number of nitrogens with zero attached hydrogens (tertiary/aromatic N) is 1. The first-order valence-corrected chi connectivity index (χ1v) is 8.76. The molecule has 6 nitrogen and oxygen atoms in total. The molecule has 0 amide bonds. The maximum atomic E-state index is 12.6. The van der Waals surface area contributed by atoms with Gasteiger partial charge in [0, 0.05) is 16.8 Å². The summed E-state index contributed by atoms with van der Waals surface area (Å²) in [6, 6.07) is 3.19. The van der Waals surface area contributed by atoms with E-state index in [-0.39, 0.29) is 4.90 Å². The minimum absolute atomic E-state index is 0.0741. The summed E-state index contributed by atoms with van der Waals surface area (Å²) < 4.78 is 33.1. The molecule has 21 heavy (non-hydrogen) atoms. The Hall–Kier alpha value is -1.80. The molecule has 1 aliphatic heterocycles. The highest BCUT2D eigenvalue weighted by molar-refractivity contribution is 7.93. The molecule has 3 N–H and O–H groups in total. The van der Waals surface area contributed by atoms with Gasteiger partial charge >= 0.3 is 0 Å². The van der Waals surface area contributed by atoms with E-state index in [0.29, 0.717) is 23.2 Å². The van der Waals surface area contributed by atoms with Crippen LogP contribution in [0.3, 0.4) is 0 Å². The predicted octanol–water partition coefficient (Wildman–Crippen LogP) is 2.16. The lowest BCUT2D eigenvalue weighted by Gasteiger charge is -2.21. The third-order valence-corrected chi connectivity index (χ3v) is 5.43. The van der Waals surface area contributed by atoms with E-state index in [9.17, 15) is 8.42 Å². The van der Waals surface area contributed by atoms with Crippen LogP contribution >= 0.6 is 11.3 Å². The number of nitrogens with one attached hydrogen (secondary N) is 1. The van der Waals surface area contributed by atoms with E-state index in [1.807, 2.05) is 6.92 Å². The fraction of sp³-hybridized carbons (Fsp3) is 0.308. The van der Waals surface area contributed by atoms with E-state index in [2.05, 4.69) is 9.71 Å². The number of anilines is 2. The normalized spacial score (nSPS) is 14.3. The summed E-state index contributed by atoms with van der Waals surface area (Å²) in [6.07, 6.45) is 3.24. The molecule has 2 heterocycles. The Bertz CT molecular complexity index is 784. The van der Waals surface area contributed by atoms with E-state index in [0.717, 1.165) is 23.3 Å². The van der Waals surface area contributed by atoms with Crippen molar-refractivity contribution in [1.82, 2.24) is 4.98 Å². The molecular formula is C13H15N3O3S2. The summed E-state index contributed by atoms with van der Waals surface area (Å²) in [6.45, 7) is 2.37. The van der Waals surface area contributed by atoms with Gasteiger partial charge in [-0.05, 0) is 37.5 Å². The summed E-state index contributed by atoms with van der Waals surface area (Å²) in [4.78, 5) is 5.02. The summed E-state index contributed by atoms with van der Waals surface area (Å²) in [5.41, 5.74) is 7.06. The summed E-state index contributed by atoms with van der Waals surface area (Å²) in [5, 5.41) is 0.333. The number of fused-ring (bicyclic) bond motifs is 1. The lowest BCUT2D eigenvalue weighted by atomic mass is 10.1. The summed E-state index contributed by atoms with van der Waals surface area (Å²) >= 11 is 1.28. The lowest BCUT2D eigenvalue weighted by Crippen LogP contribution is -2.18. The van der Waals surface area contributed by atoms with Crippen LogP contribution in [0.5, 0.6) is 5.75 Å². The molecule has 3 rings (SSSR count). The zero-order chi connectivity index (χ0) is 15.0. The molecule has 112 valence electrons. The third-order valence-electron chi connectivity index (χ3n) is 3.12. The second kappa shape index (κ2) is 5.19. The molecule has 0 saturated heterocycles. The van der Waals surface area contributed by atoms with Gasteiger partial charge in [0.1, 0.15) is 10.6 Å². The van der Waals surface area contributed by atoms with Gasteiger partial charge in [0.25, 0.3) is 10.0 Å². The van der Waals surface area contributed by atoms with Crippen LogP contribution < -0.4 is 15.2 Å². The Morgan fingerprint density at radius 2 is 2.24 bits per heavy atom. The first kappa shape index (κ1) is 14.2. The predicted molar refractivity (Wildman–Crippen MR) is 82.3 cm³/mol. The van der Waals surface area contributed by atoms with Gasteiger partial charge in [-0.1, -0.05) is 0 Å². The molecule has 0 fully saturated rings. The monoisotopic (exact) mass is 325 g/mol. The maximum Gasteiger partial charge on any atom is 0.267 e. The van der Waals surface area contributed by atoms with E-state index in [4.69, 9.17) is 10.5 Å². The van der Waals surface area contributed by atoms with Crippen molar-refractivity contribution in [2.45, 2.75) is 24.7 Å². The second-order valence-corrected chi connectivity index (χ2v) is 7.73. The highest BCUT2D eigenvalue weighted by Gasteiger charge is 2.26. The van der Waals surface area contributed by atoms with Crippen molar-refractivity contribution < 1.29 is 13.2 Å². The molecule has 2 aromatic rings. The smallest absolute Gasteiger partial charge is 0.267 e. The Morgan fingerprint density at radius 3 is 2.95 bits per heavy atom. The minimum Gasteiger partial charge on any atom is -0.492 e. The molecule has 8 heteroatoms. The number of aryl methyl sites for hydroxylation is 2. The lowest BCUT2D eigenvalue weighted by molar-refractivity contribution is 0.280. The quantitative estimate of drug-likeness (QED) is 0.843. The zero-order valence-electron chi connectivity index (χ0n) is 11.4. The van der Waals surface area contributed by atoms with Crippen molar-refractivity contribution in [1.29, 1.82) is 0 Å². The molecule has 0 bridgehead atoms. The molecule has 0 radical (unpaired) electrons. The fourth-order valence-electron chi connectivity index (χ4n) is 2.24. The number of hydrogen-bond donors (Lipinski definition) is 2. The molecule has 0 atom stereocenters. The number of aromatic nitrogens is 1. The van der Waals surface area contributed by atoms with Crippen LogP contribution in [0, 0.1) is 6.92 Å². The van der Waals surface area contributed by atoms with Gasteiger partial charge in [-0.3, -0.25) is 4.72 Å². The van der Waals surface area contributed by atoms with Gasteiger partial charge in [-0.15, -0.1) is 11.3 Å². The van der Waals surface area contributed by atoms with Crippen molar-refractivity contribution in [3.05, 3.63) is 28.8 Å². The highest BCUT2D eigenvalue weighted by Crippen LogP contribution is 2.35. The maximum absolute atomic E-state index is 12.6. The molecule has 0 aliphatic carbocycles. The van der Waals surface area contributed by atoms with E-state index >= 15 is 0 Å². The minimum atomic E-state index is -3.77. The van der Waals surface area contributed by atoms with Gasteiger partial charge in [-0.2, -0.15) is 0 Å². The Labute approximate surface area is 127 Å². The van der Waals surface area contributed by atoms with Gasteiger partial charge in [0.15, 0.2) is 5.13 Å². The molecular weight excluding hydrogens is 310 g/mol. The molecule has 1 aromatic heterocycles. The number of hydrogen-bond acceptors (Lipinski definition) is 6. The van der Waals surface area contributed by atoms with Gasteiger partial charge < -0.3 is 10.5 Å². The van der Waals surface area contributed by atoms with Crippen molar-refractivity contribution in [3.63, 3.8) is 0 Å². The number of thiazole rings is 1. The molecule has 0 spiro atoms. The van der Waals surface area contributed by atoms with Crippen LogP contribution in [-0.4, -0.2) is 20.0 Å². The first-order chi connectivity index (χ1) is 9.95. The Kier molecular flexibility index (Phi) is 3.50. The van der Waals surface area contributed by atoms with Crippen LogP contribution in [0.25, 0.3) is 0 Å². The van der Waals surface area contributed by atoms with Crippen molar-refractivity contribution in [3.8, 4) is 5.75 Å². The summed E-state index contributed by atoms with van der Waals surface area (Å²) in [7, 11) is -3.77. The standard InChI is InChI=1S/C13H15N3O3S2/c1-8-7-15-13(20-8)16-21(17,18)11-6-10(14)5-9-3-2-4-19-12(9)11/h5-7H,2-4,14H2,1H3,(H,15,16). The number of benzene rings is 1. The summed E-state index contributed by atoms with van der Waals surface area (Å²) in [5.74, 6) is 0.399. The van der Waals surface area contributed by atoms with Crippen molar-refractivity contribution >= 4 is 32.2 Å². The first-order valence-electron chi connectivity index (χ1n) is 6.46. The number of nitrogen functional groups attached to an aromatic ring is 1. The molecule has 1 aromatic carbocycles. The largest absolute Gasteiger partial charge is 0.492 e. The topological polar surface area (TPSA) is 94.3 Å². The number of nitrogens with two attached hydrogens (primary N) is 1. The molecule has 0 unspecified atom stereocenters. The second-order valence-electron chi connectivity index (χ2n) is 4.84. The van der Waals surface area contributed by atoms with E-state index < -0.39 is 10.0 Å². The van der Waals surface area contributed by atoms with Gasteiger partial charge in [0.05, 0.1) is 6.61 Å². The van der Waals surface area contributed by atoms with Crippen LogP contribution in [0.4, 0.5) is 10.8 Å². The third kappa shape index (κ3) is 2.81. The van der Waals surface area contributed by atoms with E-state index in [1.165, 1.54) is 17.4 Å². The van der Waals surface area contributed by atoms with Crippen LogP contribution in [0.2, 0.25) is 0 Å². The molecule has 0 saturated carbocycles. The Balaban J connectivity index is 2.04. The van der Waals surface area contributed by atoms with Crippen LogP contribution in [0.15, 0.2) is 23.2 Å². The number of sulfonamides is 1. The SMILES string of the molecule is Cc1cnc(NS(=O)(=O)c2cc(N)cc3c2OCCC3)s1. The number of rotatable bonds is 3.